The summed E-state index contributed by atoms with van der Waals surface area (Å²) < 4.78 is 1.72. The molecule has 0 spiro atoms. The van der Waals surface area contributed by atoms with Crippen molar-refractivity contribution in [3.63, 3.8) is 0 Å². The molecule has 1 amide bonds. The molecule has 1 aliphatic heterocycles. The van der Waals surface area contributed by atoms with E-state index in [9.17, 15) is 9.59 Å². The Balaban J connectivity index is 1.48. The molecule has 8 heteroatoms. The third-order valence-corrected chi connectivity index (χ3v) is 6.56. The van der Waals surface area contributed by atoms with Crippen molar-refractivity contribution in [2.75, 3.05) is 4.90 Å². The Morgan fingerprint density at radius 3 is 2.68 bits per heavy atom. The number of aromatic nitrogens is 4. The summed E-state index contributed by atoms with van der Waals surface area (Å²) in [4.78, 5) is 27.5. The highest BCUT2D eigenvalue weighted by Gasteiger charge is 2.32. The quantitative estimate of drug-likeness (QED) is 0.438. The van der Waals surface area contributed by atoms with Crippen LogP contribution in [0.5, 0.6) is 0 Å². The molecular formula is C26H22N6O2. The third kappa shape index (κ3) is 2.96. The first-order chi connectivity index (χ1) is 16.4. The smallest absolute Gasteiger partial charge is 0.272 e. The molecule has 0 atom stereocenters. The van der Waals surface area contributed by atoms with Crippen LogP contribution in [0.2, 0.25) is 0 Å². The summed E-state index contributed by atoms with van der Waals surface area (Å²) in [7, 11) is 1.83. The summed E-state index contributed by atoms with van der Waals surface area (Å²) in [5, 5.41) is 14.4. The van der Waals surface area contributed by atoms with Crippen LogP contribution in [0.15, 0.2) is 59.5 Å². The number of hydrogen-bond acceptors (Lipinski definition) is 5. The maximum Gasteiger partial charge on any atom is 0.272 e. The summed E-state index contributed by atoms with van der Waals surface area (Å²) in [6.07, 6.45) is 1.75. The number of nitrogens with one attached hydrogen (secondary N) is 1. The molecule has 5 aromatic rings. The van der Waals surface area contributed by atoms with Crippen molar-refractivity contribution in [2.24, 2.45) is 12.8 Å². The molecular weight excluding hydrogens is 428 g/mol. The van der Waals surface area contributed by atoms with Gasteiger partial charge in [-0.15, -0.1) is 0 Å². The molecule has 1 aliphatic rings. The summed E-state index contributed by atoms with van der Waals surface area (Å²) in [5.41, 5.74) is 10.7. The Morgan fingerprint density at radius 2 is 1.85 bits per heavy atom. The number of H-pyrrole nitrogens is 1. The Kier molecular flexibility index (Phi) is 4.40. The van der Waals surface area contributed by atoms with E-state index in [0.29, 0.717) is 34.4 Å². The molecule has 168 valence electrons. The van der Waals surface area contributed by atoms with Crippen LogP contribution in [0.4, 0.5) is 5.82 Å². The molecule has 3 heterocycles. The van der Waals surface area contributed by atoms with Gasteiger partial charge in [0.15, 0.2) is 0 Å². The van der Waals surface area contributed by atoms with Crippen molar-refractivity contribution in [1.29, 1.82) is 0 Å². The standard InChI is InChI=1S/C26H22N6O2/c1-14-3-4-15-9-20-18(8-17(15)7-14)13-32(26(20)34)25-22(12-28-31(25)2)16-5-6-19-21(10-16)23(11-27)29-30-24(19)33/h3-10,12H,11,13,27H2,1-2H3,(H,30,33). The number of nitrogens with two attached hydrogens (primary N) is 1. The minimum absolute atomic E-state index is 0.0520. The van der Waals surface area contributed by atoms with Crippen molar-refractivity contribution in [2.45, 2.75) is 20.0 Å². The van der Waals surface area contributed by atoms with Crippen LogP contribution >= 0.6 is 0 Å². The van der Waals surface area contributed by atoms with E-state index in [2.05, 4.69) is 46.5 Å². The van der Waals surface area contributed by atoms with Crippen LogP contribution in [-0.4, -0.2) is 25.9 Å². The van der Waals surface area contributed by atoms with Gasteiger partial charge in [0.2, 0.25) is 0 Å². The average molecular weight is 451 g/mol. The lowest BCUT2D eigenvalue weighted by Crippen LogP contribution is -2.26. The van der Waals surface area contributed by atoms with E-state index in [1.54, 1.807) is 21.8 Å². The van der Waals surface area contributed by atoms with Gasteiger partial charge in [0.1, 0.15) is 5.82 Å². The largest absolute Gasteiger partial charge is 0.325 e. The van der Waals surface area contributed by atoms with Crippen molar-refractivity contribution in [3.05, 3.63) is 87.5 Å². The number of aryl methyl sites for hydroxylation is 2. The van der Waals surface area contributed by atoms with Crippen LogP contribution in [0.3, 0.4) is 0 Å². The second kappa shape index (κ2) is 7.36. The SMILES string of the molecule is Cc1ccc2cc3c(cc2c1)CN(c1c(-c2ccc4c(=O)[nH]nc(CN)c4c2)cnn1C)C3=O. The van der Waals surface area contributed by atoms with Crippen molar-refractivity contribution in [1.82, 2.24) is 20.0 Å². The molecule has 2 aromatic heterocycles. The van der Waals surface area contributed by atoms with Gasteiger partial charge in [0, 0.05) is 30.1 Å². The molecule has 0 aliphatic carbocycles. The number of nitrogens with zero attached hydrogens (tertiary/aromatic N) is 4. The number of aromatic amines is 1. The van der Waals surface area contributed by atoms with Gasteiger partial charge in [-0.25, -0.2) is 5.10 Å². The third-order valence-electron chi connectivity index (χ3n) is 6.56. The first kappa shape index (κ1) is 20.3. The van der Waals surface area contributed by atoms with Crippen LogP contribution in [0.25, 0.3) is 32.7 Å². The zero-order valence-corrected chi connectivity index (χ0v) is 18.8. The second-order valence-corrected chi connectivity index (χ2v) is 8.72. The Labute approximate surface area is 194 Å². The highest BCUT2D eigenvalue weighted by molar-refractivity contribution is 6.13. The number of hydrogen-bond donors (Lipinski definition) is 2. The Hall–Kier alpha value is -4.30. The van der Waals surface area contributed by atoms with Gasteiger partial charge in [-0.05, 0) is 53.1 Å². The number of anilines is 1. The number of benzene rings is 3. The molecule has 8 nitrogen and oxygen atoms in total. The predicted molar refractivity (Wildman–Crippen MR) is 132 cm³/mol. The fraction of sp³-hybridized carbons (Fsp3) is 0.154. The van der Waals surface area contributed by atoms with E-state index >= 15 is 0 Å². The monoisotopic (exact) mass is 450 g/mol. The summed E-state index contributed by atoms with van der Waals surface area (Å²) >= 11 is 0. The number of fused-ring (bicyclic) bond motifs is 3. The van der Waals surface area contributed by atoms with E-state index in [4.69, 9.17) is 5.73 Å². The zero-order valence-electron chi connectivity index (χ0n) is 18.8. The number of carbonyl (C=O) groups is 1. The van der Waals surface area contributed by atoms with Crippen LogP contribution in [-0.2, 0) is 20.1 Å². The molecule has 3 aromatic carbocycles. The minimum Gasteiger partial charge on any atom is -0.325 e. The predicted octanol–water partition coefficient (Wildman–Crippen LogP) is 3.40. The normalized spacial score (nSPS) is 13.3. The lowest BCUT2D eigenvalue weighted by Gasteiger charge is -2.18. The van der Waals surface area contributed by atoms with Gasteiger partial charge < -0.3 is 5.73 Å². The fourth-order valence-corrected chi connectivity index (χ4v) is 4.85. The van der Waals surface area contributed by atoms with Gasteiger partial charge in [0.05, 0.1) is 23.8 Å². The number of carbonyl (C=O) groups excluding carboxylic acids is 1. The molecule has 34 heavy (non-hydrogen) atoms. The van der Waals surface area contributed by atoms with Gasteiger partial charge in [-0.1, -0.05) is 29.8 Å². The zero-order chi connectivity index (χ0) is 23.6. The molecule has 3 N–H and O–H groups in total. The number of rotatable bonds is 3. The van der Waals surface area contributed by atoms with E-state index < -0.39 is 0 Å². The van der Waals surface area contributed by atoms with Crippen LogP contribution in [0.1, 0.15) is 27.2 Å². The highest BCUT2D eigenvalue weighted by Crippen LogP contribution is 2.37. The van der Waals surface area contributed by atoms with Gasteiger partial charge in [-0.2, -0.15) is 10.2 Å². The summed E-state index contributed by atoms with van der Waals surface area (Å²) in [6, 6.07) is 15.8. The van der Waals surface area contributed by atoms with Crippen molar-refractivity contribution >= 4 is 33.3 Å². The number of amides is 1. The first-order valence-corrected chi connectivity index (χ1v) is 11.0. The lowest BCUT2D eigenvalue weighted by molar-refractivity contribution is 0.0995. The Bertz CT molecular complexity index is 1700. The van der Waals surface area contributed by atoms with Gasteiger partial charge in [0.25, 0.3) is 11.5 Å². The summed E-state index contributed by atoms with van der Waals surface area (Å²) in [5.74, 6) is 0.650. The minimum atomic E-state index is -0.266. The van der Waals surface area contributed by atoms with Crippen molar-refractivity contribution in [3.8, 4) is 11.1 Å². The molecule has 0 saturated carbocycles. The summed E-state index contributed by atoms with van der Waals surface area (Å²) in [6.45, 7) is 2.73. The maximum atomic E-state index is 13.5. The molecule has 0 unspecified atom stereocenters. The average Bonchev–Trinajstić information content (AvgIpc) is 3.36. The Morgan fingerprint density at radius 1 is 1.00 bits per heavy atom. The van der Waals surface area contributed by atoms with E-state index in [0.717, 1.165) is 27.5 Å². The maximum absolute atomic E-state index is 13.5. The highest BCUT2D eigenvalue weighted by atomic mass is 16.2. The molecule has 0 bridgehead atoms. The van der Waals surface area contributed by atoms with Crippen LogP contribution in [0, 0.1) is 6.92 Å². The van der Waals surface area contributed by atoms with Gasteiger partial charge in [-0.3, -0.25) is 19.2 Å². The van der Waals surface area contributed by atoms with E-state index in [-0.39, 0.29) is 18.0 Å². The molecule has 0 fully saturated rings. The van der Waals surface area contributed by atoms with E-state index in [1.165, 1.54) is 5.56 Å². The molecule has 0 saturated heterocycles. The van der Waals surface area contributed by atoms with Crippen molar-refractivity contribution < 1.29 is 4.79 Å². The van der Waals surface area contributed by atoms with Crippen LogP contribution < -0.4 is 16.2 Å². The molecule has 6 rings (SSSR count). The van der Waals surface area contributed by atoms with Gasteiger partial charge >= 0.3 is 0 Å². The second-order valence-electron chi connectivity index (χ2n) is 8.72. The first-order valence-electron chi connectivity index (χ1n) is 11.0. The van der Waals surface area contributed by atoms with E-state index in [1.807, 2.05) is 25.2 Å². The lowest BCUT2D eigenvalue weighted by atomic mass is 10.0. The topological polar surface area (TPSA) is 110 Å². The fourth-order valence-electron chi connectivity index (χ4n) is 4.85. The molecule has 0 radical (unpaired) electrons.